The smallest absolute Gasteiger partial charge is 0.0713 e. The van der Waals surface area contributed by atoms with E-state index in [4.69, 9.17) is 0 Å². The third-order valence-electron chi connectivity index (χ3n) is 25.8. The number of hydrogen-bond donors (Lipinski definition) is 0. The molecule has 0 heterocycles. The second-order valence-electron chi connectivity index (χ2n) is 32.9. The number of fused-ring (bicyclic) bond motifs is 8. The molecule has 20 aromatic rings. The second kappa shape index (κ2) is 30.5. The van der Waals surface area contributed by atoms with Gasteiger partial charge in [-0.2, -0.15) is 0 Å². The van der Waals surface area contributed by atoms with E-state index in [9.17, 15) is 0 Å². The van der Waals surface area contributed by atoms with E-state index >= 15 is 0 Å². The Hall–Kier alpha value is -15.5. The van der Waals surface area contributed by atoms with Gasteiger partial charge in [0, 0.05) is 39.3 Å². The van der Waals surface area contributed by atoms with Gasteiger partial charge in [-0.25, -0.2) is 0 Å². The van der Waals surface area contributed by atoms with Crippen molar-refractivity contribution < 1.29 is 0 Å². The van der Waals surface area contributed by atoms with Crippen LogP contribution in [-0.2, 0) is 10.8 Å². The fourth-order valence-electron chi connectivity index (χ4n) is 20.2. The predicted octanol–water partition coefficient (Wildman–Crippen LogP) is 32.6. The molecule has 20 aromatic carbocycles. The first-order chi connectivity index (χ1) is 60.3. The summed E-state index contributed by atoms with van der Waals surface area (Å²) in [5, 5.41) is 4.81. The Morgan fingerprint density at radius 3 is 1.04 bits per heavy atom. The lowest BCUT2D eigenvalue weighted by Crippen LogP contribution is -2.28. The minimum Gasteiger partial charge on any atom is -0.310 e. The summed E-state index contributed by atoms with van der Waals surface area (Å²) < 4.78 is 0. The normalized spacial score (nSPS) is 12.6. The summed E-state index contributed by atoms with van der Waals surface area (Å²) in [6, 6.07) is 176. The Morgan fingerprint density at radius 1 is 0.172 bits per heavy atom. The molecular weight excluding hydrogens is 1470 g/mol. The van der Waals surface area contributed by atoms with Gasteiger partial charge >= 0.3 is 0 Å². The minimum absolute atomic E-state index is 0.162. The first kappa shape index (κ1) is 72.9. The van der Waals surface area contributed by atoms with Crippen molar-refractivity contribution >= 4 is 55.7 Å². The largest absolute Gasteiger partial charge is 0.310 e. The topological polar surface area (TPSA) is 6.48 Å². The third-order valence-corrected chi connectivity index (χ3v) is 25.8. The lowest BCUT2D eigenvalue weighted by molar-refractivity contribution is 0.662. The van der Waals surface area contributed by atoms with Crippen LogP contribution in [0, 0.1) is 0 Å². The monoisotopic (exact) mass is 1550 g/mol. The molecule has 2 aliphatic carbocycles. The van der Waals surface area contributed by atoms with Crippen LogP contribution in [0.1, 0.15) is 47.2 Å². The van der Waals surface area contributed by atoms with E-state index in [-0.39, 0.29) is 5.41 Å². The first-order valence-electron chi connectivity index (χ1n) is 42.4. The summed E-state index contributed by atoms with van der Waals surface area (Å²) in [4.78, 5) is 4.93. The number of rotatable bonds is 17. The Bertz CT molecular complexity index is 7340. The molecule has 2 aliphatic rings. The van der Waals surface area contributed by atoms with Gasteiger partial charge in [-0.3, -0.25) is 0 Å². The van der Waals surface area contributed by atoms with Crippen LogP contribution in [0.25, 0.3) is 144 Å². The molecule has 0 saturated heterocycles. The fourth-order valence-corrected chi connectivity index (χ4v) is 20.2. The number of hydrogen-bond acceptors (Lipinski definition) is 2. The molecule has 574 valence electrons. The zero-order valence-corrected chi connectivity index (χ0v) is 67.9. The molecule has 0 spiro atoms. The van der Waals surface area contributed by atoms with Crippen molar-refractivity contribution in [1.29, 1.82) is 0 Å². The van der Waals surface area contributed by atoms with E-state index in [1.54, 1.807) is 0 Å². The molecule has 2 heteroatoms. The molecule has 0 radical (unpaired) electrons. The number of anilines is 6. The van der Waals surface area contributed by atoms with Crippen molar-refractivity contribution in [3.63, 3.8) is 0 Å². The van der Waals surface area contributed by atoms with Crippen molar-refractivity contribution in [3.8, 4) is 122 Å². The number of nitrogens with zero attached hydrogens (tertiary/aromatic N) is 2. The Labute approximate surface area is 714 Å². The van der Waals surface area contributed by atoms with Crippen LogP contribution in [0.4, 0.5) is 34.1 Å². The second-order valence-corrected chi connectivity index (χ2v) is 32.9. The highest BCUT2D eigenvalue weighted by Crippen LogP contribution is 2.59. The highest BCUT2D eigenvalue weighted by Gasteiger charge is 2.47. The molecule has 0 atom stereocenters. The Kier molecular flexibility index (Phi) is 18.2. The van der Waals surface area contributed by atoms with Crippen molar-refractivity contribution in [2.75, 3.05) is 9.80 Å². The lowest BCUT2D eigenvalue weighted by Gasteiger charge is -2.34. The van der Waals surface area contributed by atoms with Gasteiger partial charge in [0.05, 0.1) is 16.8 Å². The van der Waals surface area contributed by atoms with Gasteiger partial charge in [0.1, 0.15) is 0 Å². The zero-order chi connectivity index (χ0) is 81.2. The standard InChI is InChI=1S/C120H84N2/c1-119(2)113-60-26-23-54-107(113)112-59-32-58-102(118(112)119)85-65-71-93(72-66-85)122(117-62-28-25-56-111(117)106-53-20-18-49-98(106)83-35-9-4-10-36-83)95-46-30-40-88(78-95)100-75-76-101(104-51-22-21-50-103(100)104)89-68-74-109-108-73-67-86(79-114(108)120(115(109)80-89,90-41-11-5-12-42-90)91-43-13-6-14-44-91)81-63-69-92(70-64-81)121(94-45-29-39-87(77-94)99-57-31-38-84-37-15-16-47-96(84)99)116-61-27-24-55-110(116)105-52-19-17-48-97(105)82-33-7-3-8-34-82/h3-80H,1-2H3. The minimum atomic E-state index is -0.694. The highest BCUT2D eigenvalue weighted by molar-refractivity contribution is 6.07. The van der Waals surface area contributed by atoms with Crippen LogP contribution in [0.15, 0.2) is 473 Å². The number of benzene rings is 20. The van der Waals surface area contributed by atoms with Crippen LogP contribution in [-0.4, -0.2) is 0 Å². The Morgan fingerprint density at radius 2 is 0.500 bits per heavy atom. The molecule has 0 bridgehead atoms. The molecule has 22 rings (SSSR count). The van der Waals surface area contributed by atoms with Gasteiger partial charge in [-0.05, 0) is 239 Å². The maximum Gasteiger partial charge on any atom is 0.0713 e. The quantitative estimate of drug-likeness (QED) is 0.0896. The van der Waals surface area contributed by atoms with Crippen LogP contribution >= 0.6 is 0 Å². The van der Waals surface area contributed by atoms with E-state index in [1.807, 2.05) is 0 Å². The molecule has 0 fully saturated rings. The van der Waals surface area contributed by atoms with Gasteiger partial charge in [0.2, 0.25) is 0 Å². The zero-order valence-electron chi connectivity index (χ0n) is 67.9. The van der Waals surface area contributed by atoms with E-state index in [0.717, 1.165) is 78.6 Å². The van der Waals surface area contributed by atoms with Crippen molar-refractivity contribution in [2.24, 2.45) is 0 Å². The molecule has 0 aromatic heterocycles. The maximum absolute atomic E-state index is 2.52. The van der Waals surface area contributed by atoms with Gasteiger partial charge < -0.3 is 9.80 Å². The summed E-state index contributed by atoms with van der Waals surface area (Å²) >= 11 is 0. The summed E-state index contributed by atoms with van der Waals surface area (Å²) in [6.07, 6.45) is 0. The summed E-state index contributed by atoms with van der Waals surface area (Å²) in [5.74, 6) is 0. The van der Waals surface area contributed by atoms with Gasteiger partial charge in [-0.15, -0.1) is 0 Å². The van der Waals surface area contributed by atoms with Crippen molar-refractivity contribution in [3.05, 3.63) is 507 Å². The highest BCUT2D eigenvalue weighted by atomic mass is 15.2. The molecule has 0 saturated carbocycles. The van der Waals surface area contributed by atoms with E-state index in [2.05, 4.69) is 497 Å². The third kappa shape index (κ3) is 12.4. The van der Waals surface area contributed by atoms with Crippen molar-refractivity contribution in [1.82, 2.24) is 0 Å². The predicted molar refractivity (Wildman–Crippen MR) is 515 cm³/mol. The van der Waals surface area contributed by atoms with Crippen molar-refractivity contribution in [2.45, 2.75) is 24.7 Å². The molecule has 0 aliphatic heterocycles. The van der Waals surface area contributed by atoms with E-state index in [0.29, 0.717) is 0 Å². The van der Waals surface area contributed by atoms with Crippen LogP contribution in [0.3, 0.4) is 0 Å². The summed E-state index contributed by atoms with van der Waals surface area (Å²) in [5.41, 5.74) is 39.4. The average Bonchev–Trinajstić information content (AvgIpc) is 1.53. The summed E-state index contributed by atoms with van der Waals surface area (Å²) in [7, 11) is 0. The molecule has 0 amide bonds. The molecule has 0 unspecified atom stereocenters. The lowest BCUT2D eigenvalue weighted by atomic mass is 9.67. The fraction of sp³-hybridized carbons (Fsp3) is 0.0333. The number of para-hydroxylation sites is 2. The molecule has 122 heavy (non-hydrogen) atoms. The molecular formula is C120H84N2. The van der Waals surface area contributed by atoms with Gasteiger partial charge in [0.15, 0.2) is 0 Å². The van der Waals surface area contributed by atoms with Crippen LogP contribution < -0.4 is 9.80 Å². The maximum atomic E-state index is 2.52. The van der Waals surface area contributed by atoms with Crippen LogP contribution in [0.2, 0.25) is 0 Å². The Balaban J connectivity index is 0.649. The molecule has 2 nitrogen and oxygen atoms in total. The van der Waals surface area contributed by atoms with Gasteiger partial charge in [-0.1, -0.05) is 414 Å². The average molecular weight is 1550 g/mol. The van der Waals surface area contributed by atoms with E-state index < -0.39 is 5.41 Å². The molecule has 0 N–H and O–H groups in total. The van der Waals surface area contributed by atoms with Crippen LogP contribution in [0.5, 0.6) is 0 Å². The summed E-state index contributed by atoms with van der Waals surface area (Å²) in [6.45, 7) is 4.76. The first-order valence-corrected chi connectivity index (χ1v) is 42.4. The SMILES string of the molecule is CC1(C)c2ccccc2-c2cccc(-c3ccc(N(c4cccc(-c5ccc(-c6ccc7c(c6)C(c6ccccc6)(c6ccccc6)c6cc(-c8ccc(N(c9cccc(-c%10cccc%11ccccc%10%11)c9)c9ccccc9-c9ccccc9-c9ccccc9)cc8)ccc6-7)c6ccccc56)c4)c4ccccc4-c4ccccc4-c4ccccc4)cc3)c21. The van der Waals surface area contributed by atoms with E-state index in [1.165, 1.54) is 133 Å². The van der Waals surface area contributed by atoms with Gasteiger partial charge in [0.25, 0.3) is 0 Å².